The van der Waals surface area contributed by atoms with Gasteiger partial charge in [0, 0.05) is 12.2 Å². The van der Waals surface area contributed by atoms with Gasteiger partial charge in [0.2, 0.25) is 23.6 Å². The predicted octanol–water partition coefficient (Wildman–Crippen LogP) is -4.58. The number of nitrogens with one attached hydrogen (secondary N) is 3. The molecule has 10 N–H and O–H groups in total. The van der Waals surface area contributed by atoms with Crippen LogP contribution >= 0.6 is 12.6 Å². The molecule has 4 amide bonds. The number of rotatable bonds is 13. The van der Waals surface area contributed by atoms with Crippen molar-refractivity contribution in [3.05, 3.63) is 0 Å². The lowest BCUT2D eigenvalue weighted by molar-refractivity contribution is -0.142. The quantitative estimate of drug-likeness (QED) is 0.126. The van der Waals surface area contributed by atoms with Crippen LogP contribution in [0.3, 0.4) is 0 Å². The van der Waals surface area contributed by atoms with E-state index in [2.05, 4.69) is 28.6 Å². The summed E-state index contributed by atoms with van der Waals surface area (Å²) in [5, 5.41) is 34.2. The van der Waals surface area contributed by atoms with Crippen LogP contribution in [0.2, 0.25) is 0 Å². The summed E-state index contributed by atoms with van der Waals surface area (Å²) in [7, 11) is 0. The Kier molecular flexibility index (Phi) is 11.8. The summed E-state index contributed by atoms with van der Waals surface area (Å²) in [6.45, 7) is 0.485. The van der Waals surface area contributed by atoms with Crippen LogP contribution in [0.1, 0.15) is 19.8 Å². The average Bonchev–Trinajstić information content (AvgIpc) is 2.65. The van der Waals surface area contributed by atoms with Crippen LogP contribution in [0.25, 0.3) is 0 Å². The van der Waals surface area contributed by atoms with E-state index in [-0.39, 0.29) is 18.6 Å². The number of carboxylic acid groups (broad SMARTS) is 1. The highest BCUT2D eigenvalue weighted by molar-refractivity contribution is 7.80. The van der Waals surface area contributed by atoms with Gasteiger partial charge < -0.3 is 42.7 Å². The topological polar surface area (TPSA) is 234 Å². The van der Waals surface area contributed by atoms with Crippen molar-refractivity contribution < 1.29 is 39.3 Å². The number of primary amides is 1. The normalized spacial score (nSPS) is 15.9. The highest BCUT2D eigenvalue weighted by Crippen LogP contribution is 2.03. The Hall–Kier alpha value is -2.42. The van der Waals surface area contributed by atoms with Gasteiger partial charge >= 0.3 is 5.97 Å². The highest BCUT2D eigenvalue weighted by atomic mass is 32.1. The third-order valence-corrected chi connectivity index (χ3v) is 4.07. The Morgan fingerprint density at radius 1 is 1.00 bits per heavy atom. The molecule has 166 valence electrons. The third kappa shape index (κ3) is 9.56. The van der Waals surface area contributed by atoms with Crippen LogP contribution in [0, 0.1) is 0 Å². The molecule has 0 fully saturated rings. The SMILES string of the molecule is CC(O)C(NC(=O)C(N)CO)C(=O)NC(CCC(N)=O)C(=O)NC(CS)C(=O)O. The Morgan fingerprint density at radius 3 is 1.97 bits per heavy atom. The Bertz CT molecular complexity index is 618. The van der Waals surface area contributed by atoms with Gasteiger partial charge in [0.1, 0.15) is 24.2 Å². The Balaban J connectivity index is 5.37. The summed E-state index contributed by atoms with van der Waals surface area (Å²) in [5.41, 5.74) is 10.4. The molecule has 0 rings (SSSR count). The van der Waals surface area contributed by atoms with E-state index in [1.54, 1.807) is 0 Å². The summed E-state index contributed by atoms with van der Waals surface area (Å²) in [6, 6.07) is -5.62. The number of aliphatic hydroxyl groups is 2. The largest absolute Gasteiger partial charge is 0.480 e. The minimum Gasteiger partial charge on any atom is -0.480 e. The first-order valence-corrected chi connectivity index (χ1v) is 9.15. The molecule has 0 bridgehead atoms. The van der Waals surface area contributed by atoms with E-state index in [1.165, 1.54) is 6.92 Å². The molecule has 0 aliphatic rings. The standard InChI is InChI=1S/C15H27N5O8S/c1-6(22)11(20-12(24)7(16)4-21)14(26)18-8(2-3-10(17)23)13(25)19-9(5-29)15(27)28/h6-9,11,21-22,29H,2-5,16H2,1H3,(H2,17,23)(H,18,26)(H,19,25)(H,20,24)(H,27,28). The van der Waals surface area contributed by atoms with Crippen LogP contribution in [0.15, 0.2) is 0 Å². The van der Waals surface area contributed by atoms with Gasteiger partial charge in [-0.25, -0.2) is 4.79 Å². The molecule has 0 heterocycles. The van der Waals surface area contributed by atoms with Gasteiger partial charge in [0.25, 0.3) is 0 Å². The lowest BCUT2D eigenvalue weighted by Crippen LogP contribution is -2.60. The van der Waals surface area contributed by atoms with E-state index in [4.69, 9.17) is 21.7 Å². The molecule has 0 aliphatic heterocycles. The van der Waals surface area contributed by atoms with Gasteiger partial charge in [-0.05, 0) is 13.3 Å². The van der Waals surface area contributed by atoms with Crippen LogP contribution in [0.4, 0.5) is 0 Å². The highest BCUT2D eigenvalue weighted by Gasteiger charge is 2.32. The van der Waals surface area contributed by atoms with Crippen LogP contribution in [-0.2, 0) is 24.0 Å². The molecule has 14 heteroatoms. The summed E-state index contributed by atoms with van der Waals surface area (Å²) in [4.78, 5) is 58.7. The molecule has 0 saturated carbocycles. The second-order valence-electron chi connectivity index (χ2n) is 6.16. The van der Waals surface area contributed by atoms with E-state index in [0.717, 1.165) is 0 Å². The number of carbonyl (C=O) groups excluding carboxylic acids is 4. The van der Waals surface area contributed by atoms with Crippen LogP contribution < -0.4 is 27.4 Å². The molecule has 0 radical (unpaired) electrons. The molecule has 0 aromatic heterocycles. The van der Waals surface area contributed by atoms with Gasteiger partial charge in [0.05, 0.1) is 12.7 Å². The van der Waals surface area contributed by atoms with Gasteiger partial charge in [-0.2, -0.15) is 12.6 Å². The van der Waals surface area contributed by atoms with Crippen LogP contribution in [0.5, 0.6) is 0 Å². The minimum atomic E-state index is -1.54. The second kappa shape index (κ2) is 12.9. The van der Waals surface area contributed by atoms with Gasteiger partial charge in [-0.1, -0.05) is 0 Å². The zero-order chi connectivity index (χ0) is 22.7. The summed E-state index contributed by atoms with van der Waals surface area (Å²) < 4.78 is 0. The Morgan fingerprint density at radius 2 is 1.55 bits per heavy atom. The zero-order valence-electron chi connectivity index (χ0n) is 15.7. The van der Waals surface area contributed by atoms with Crippen molar-refractivity contribution >= 4 is 42.2 Å². The van der Waals surface area contributed by atoms with Crippen molar-refractivity contribution in [3.63, 3.8) is 0 Å². The minimum absolute atomic E-state index is 0.233. The molecule has 29 heavy (non-hydrogen) atoms. The fourth-order valence-electron chi connectivity index (χ4n) is 2.02. The van der Waals surface area contributed by atoms with E-state index >= 15 is 0 Å². The van der Waals surface area contributed by atoms with Gasteiger partial charge in [-0.15, -0.1) is 0 Å². The van der Waals surface area contributed by atoms with Crippen LogP contribution in [-0.4, -0.2) is 87.5 Å². The first kappa shape index (κ1) is 26.6. The average molecular weight is 437 g/mol. The number of aliphatic hydroxyl groups excluding tert-OH is 2. The van der Waals surface area contributed by atoms with E-state index < -0.39 is 66.5 Å². The number of nitrogens with two attached hydrogens (primary N) is 2. The smallest absolute Gasteiger partial charge is 0.327 e. The Labute approximate surface area is 172 Å². The van der Waals surface area contributed by atoms with Gasteiger partial charge in [-0.3, -0.25) is 19.2 Å². The second-order valence-corrected chi connectivity index (χ2v) is 6.53. The third-order valence-electron chi connectivity index (χ3n) is 3.71. The maximum atomic E-state index is 12.5. The summed E-state index contributed by atoms with van der Waals surface area (Å²) >= 11 is 3.81. The van der Waals surface area contributed by atoms with Crippen molar-refractivity contribution in [2.75, 3.05) is 12.4 Å². The number of thiol groups is 1. The number of aliphatic carboxylic acids is 1. The van der Waals surface area contributed by atoms with E-state index in [1.807, 2.05) is 0 Å². The molecule has 0 aliphatic carbocycles. The lowest BCUT2D eigenvalue weighted by atomic mass is 10.1. The first-order valence-electron chi connectivity index (χ1n) is 8.52. The lowest BCUT2D eigenvalue weighted by Gasteiger charge is -2.26. The molecule has 5 atom stereocenters. The maximum absolute atomic E-state index is 12.5. The fraction of sp³-hybridized carbons (Fsp3) is 0.667. The number of amides is 4. The molecule has 13 nitrogen and oxygen atoms in total. The number of hydrogen-bond acceptors (Lipinski definition) is 9. The first-order chi connectivity index (χ1) is 13.4. The molecule has 0 saturated heterocycles. The predicted molar refractivity (Wildman–Crippen MR) is 102 cm³/mol. The van der Waals surface area contributed by atoms with E-state index in [0.29, 0.717) is 0 Å². The van der Waals surface area contributed by atoms with Crippen molar-refractivity contribution in [2.24, 2.45) is 11.5 Å². The summed E-state index contributed by atoms with van der Waals surface area (Å²) in [6.07, 6.45) is -1.98. The number of carboxylic acids is 1. The molecular weight excluding hydrogens is 410 g/mol. The number of hydrogen-bond donors (Lipinski definition) is 9. The fourth-order valence-corrected chi connectivity index (χ4v) is 2.27. The molecule has 0 spiro atoms. The van der Waals surface area contributed by atoms with E-state index in [9.17, 15) is 29.1 Å². The maximum Gasteiger partial charge on any atom is 0.327 e. The zero-order valence-corrected chi connectivity index (χ0v) is 16.6. The molecule has 0 aromatic carbocycles. The van der Waals surface area contributed by atoms with Crippen molar-refractivity contribution in [3.8, 4) is 0 Å². The van der Waals surface area contributed by atoms with Gasteiger partial charge in [0.15, 0.2) is 0 Å². The number of carbonyl (C=O) groups is 5. The van der Waals surface area contributed by atoms with Crippen molar-refractivity contribution in [1.29, 1.82) is 0 Å². The van der Waals surface area contributed by atoms with Crippen molar-refractivity contribution in [2.45, 2.75) is 50.0 Å². The molecule has 5 unspecified atom stereocenters. The monoisotopic (exact) mass is 437 g/mol. The van der Waals surface area contributed by atoms with Crippen molar-refractivity contribution in [1.82, 2.24) is 16.0 Å². The molecule has 0 aromatic rings. The molecular formula is C15H27N5O8S. The summed E-state index contributed by atoms with van der Waals surface area (Å²) in [5.74, 6) is -5.21.